The summed E-state index contributed by atoms with van der Waals surface area (Å²) in [6.07, 6.45) is 5.98. The van der Waals surface area contributed by atoms with Gasteiger partial charge < -0.3 is 20.5 Å². The van der Waals surface area contributed by atoms with E-state index in [2.05, 4.69) is 31.4 Å². The third-order valence-corrected chi connectivity index (χ3v) is 6.60. The fourth-order valence-corrected chi connectivity index (χ4v) is 4.72. The van der Waals surface area contributed by atoms with E-state index in [4.69, 9.17) is 4.52 Å². The summed E-state index contributed by atoms with van der Waals surface area (Å²) in [7, 11) is 0. The lowest BCUT2D eigenvalue weighted by atomic mass is 9.89. The van der Waals surface area contributed by atoms with E-state index < -0.39 is 23.0 Å². The Bertz CT molecular complexity index is 1140. The number of amides is 5. The van der Waals surface area contributed by atoms with Gasteiger partial charge in [0.2, 0.25) is 17.7 Å². The van der Waals surface area contributed by atoms with Gasteiger partial charge in [0.25, 0.3) is 5.91 Å². The number of nitrogens with one attached hydrogen (secondary N) is 4. The molecule has 2 aromatic rings. The molecule has 1 aromatic heterocycles. The van der Waals surface area contributed by atoms with Gasteiger partial charge in [-0.25, -0.2) is 4.79 Å². The number of carbonyl (C=O) groups is 4. The largest absolute Gasteiger partial charge is 0.343 e. The van der Waals surface area contributed by atoms with E-state index in [0.717, 1.165) is 38.5 Å². The zero-order chi connectivity index (χ0) is 25.1. The maximum Gasteiger partial charge on any atom is 0.322 e. The van der Waals surface area contributed by atoms with Crippen LogP contribution in [-0.2, 0) is 31.9 Å². The number of hydrogen-bond acceptors (Lipinski definition) is 7. The van der Waals surface area contributed by atoms with Crippen LogP contribution in [0.3, 0.4) is 0 Å². The van der Waals surface area contributed by atoms with E-state index >= 15 is 0 Å². The highest BCUT2D eigenvalue weighted by molar-refractivity contribution is 6.07. The second-order valence-corrected chi connectivity index (χ2v) is 9.35. The molecule has 5 amide bonds. The molecule has 1 atom stereocenters. The van der Waals surface area contributed by atoms with Gasteiger partial charge in [-0.2, -0.15) is 4.98 Å². The second kappa shape index (κ2) is 9.85. The van der Waals surface area contributed by atoms with E-state index in [9.17, 15) is 19.2 Å². The molecule has 1 saturated heterocycles. The lowest BCUT2D eigenvalue weighted by molar-refractivity contribution is -0.124. The number of aryl methyl sites for hydroxylation is 1. The quantitative estimate of drug-likeness (QED) is 0.349. The maximum atomic E-state index is 12.6. The number of aromatic nitrogens is 2. The van der Waals surface area contributed by atoms with E-state index in [1.54, 1.807) is 31.2 Å². The van der Waals surface area contributed by atoms with Crippen LogP contribution < -0.4 is 21.3 Å². The molecular formula is C24H30N6O5. The first-order chi connectivity index (χ1) is 16.7. The summed E-state index contributed by atoms with van der Waals surface area (Å²) < 4.78 is 5.41. The first-order valence-electron chi connectivity index (χ1n) is 11.9. The van der Waals surface area contributed by atoms with Crippen LogP contribution >= 0.6 is 0 Å². The molecule has 1 aliphatic heterocycles. The number of urea groups is 1. The summed E-state index contributed by atoms with van der Waals surface area (Å²) in [4.78, 5) is 52.7. The third-order valence-electron chi connectivity index (χ3n) is 6.60. The molecule has 1 unspecified atom stereocenters. The molecule has 4 rings (SSSR count). The van der Waals surface area contributed by atoms with Gasteiger partial charge in [-0.15, -0.1) is 0 Å². The summed E-state index contributed by atoms with van der Waals surface area (Å²) in [5.74, 6) is -0.0659. The number of imide groups is 1. The van der Waals surface area contributed by atoms with Crippen molar-refractivity contribution >= 4 is 29.4 Å². The van der Waals surface area contributed by atoms with Crippen molar-refractivity contribution in [1.82, 2.24) is 26.1 Å². The Balaban J connectivity index is 1.39. The average molecular weight is 483 g/mol. The Kier molecular flexibility index (Phi) is 6.86. The fraction of sp³-hybridized carbons (Fsp3) is 0.500. The molecule has 4 N–H and O–H groups in total. The van der Waals surface area contributed by atoms with Crippen molar-refractivity contribution < 1.29 is 23.7 Å². The van der Waals surface area contributed by atoms with Gasteiger partial charge in [0.05, 0.1) is 0 Å². The number of nitrogens with zero attached hydrogens (tertiary/aromatic N) is 2. The SMILES string of the molecule is CC(=O)NC1(c2noc(CCC(=O)Nc3cccc(C4(C)NC(=O)NC4=O)c3)n2)CCCCCC1. The van der Waals surface area contributed by atoms with E-state index in [1.165, 1.54) is 6.92 Å². The zero-order valence-corrected chi connectivity index (χ0v) is 19.9. The van der Waals surface area contributed by atoms with E-state index in [0.29, 0.717) is 23.0 Å². The molecule has 11 heteroatoms. The van der Waals surface area contributed by atoms with Crippen LogP contribution in [0, 0.1) is 0 Å². The van der Waals surface area contributed by atoms with Crippen LogP contribution in [0.25, 0.3) is 0 Å². The van der Waals surface area contributed by atoms with Gasteiger partial charge in [-0.3, -0.25) is 19.7 Å². The van der Waals surface area contributed by atoms with Crippen molar-refractivity contribution in [2.75, 3.05) is 5.32 Å². The molecular weight excluding hydrogens is 452 g/mol. The molecule has 1 aliphatic carbocycles. The predicted molar refractivity (Wildman–Crippen MR) is 125 cm³/mol. The normalized spacial score (nSPS) is 21.5. The molecule has 1 saturated carbocycles. The minimum absolute atomic E-state index is 0.105. The molecule has 2 aliphatic rings. The monoisotopic (exact) mass is 482 g/mol. The summed E-state index contributed by atoms with van der Waals surface area (Å²) in [5, 5.41) is 14.8. The Hall–Kier alpha value is -3.76. The Morgan fingerprint density at radius 3 is 2.54 bits per heavy atom. The summed E-state index contributed by atoms with van der Waals surface area (Å²) in [6.45, 7) is 3.09. The van der Waals surface area contributed by atoms with Crippen molar-refractivity contribution in [3.8, 4) is 0 Å². The topological polar surface area (TPSA) is 155 Å². The molecule has 35 heavy (non-hydrogen) atoms. The van der Waals surface area contributed by atoms with Crippen molar-refractivity contribution in [1.29, 1.82) is 0 Å². The van der Waals surface area contributed by atoms with Crippen molar-refractivity contribution in [3.63, 3.8) is 0 Å². The van der Waals surface area contributed by atoms with Gasteiger partial charge in [-0.05, 0) is 37.5 Å². The number of benzene rings is 1. The summed E-state index contributed by atoms with van der Waals surface area (Å²) in [5.41, 5.74) is -0.797. The van der Waals surface area contributed by atoms with Gasteiger partial charge in [0, 0.05) is 25.5 Å². The lowest BCUT2D eigenvalue weighted by Crippen LogP contribution is -2.45. The predicted octanol–water partition coefficient (Wildman–Crippen LogP) is 2.38. The molecule has 1 aromatic carbocycles. The number of rotatable bonds is 7. The van der Waals surface area contributed by atoms with Gasteiger partial charge in [0.1, 0.15) is 11.1 Å². The number of carbonyl (C=O) groups excluding carboxylic acids is 4. The summed E-state index contributed by atoms with van der Waals surface area (Å²) in [6, 6.07) is 6.20. The van der Waals surface area contributed by atoms with Crippen molar-refractivity contribution in [3.05, 3.63) is 41.5 Å². The Morgan fingerprint density at radius 2 is 1.89 bits per heavy atom. The Morgan fingerprint density at radius 1 is 1.14 bits per heavy atom. The molecule has 0 bridgehead atoms. The van der Waals surface area contributed by atoms with Crippen molar-refractivity contribution in [2.24, 2.45) is 0 Å². The van der Waals surface area contributed by atoms with Crippen molar-refractivity contribution in [2.45, 2.75) is 76.3 Å². The minimum Gasteiger partial charge on any atom is -0.343 e. The Labute approximate surface area is 202 Å². The van der Waals surface area contributed by atoms with E-state index in [1.807, 2.05) is 0 Å². The highest BCUT2D eigenvalue weighted by Gasteiger charge is 2.43. The molecule has 0 radical (unpaired) electrons. The maximum absolute atomic E-state index is 12.6. The van der Waals surface area contributed by atoms with Crippen LogP contribution in [0.2, 0.25) is 0 Å². The van der Waals surface area contributed by atoms with Crippen LogP contribution in [0.15, 0.2) is 28.8 Å². The minimum atomic E-state index is -1.21. The van der Waals surface area contributed by atoms with E-state index in [-0.39, 0.29) is 24.7 Å². The highest BCUT2D eigenvalue weighted by Crippen LogP contribution is 2.34. The first kappa shape index (κ1) is 24.4. The van der Waals surface area contributed by atoms with Crippen LogP contribution in [-0.4, -0.2) is 33.9 Å². The van der Waals surface area contributed by atoms with Gasteiger partial charge in [0.15, 0.2) is 5.82 Å². The average Bonchev–Trinajstić information content (AvgIpc) is 3.30. The number of anilines is 1. The van der Waals surface area contributed by atoms with Gasteiger partial charge >= 0.3 is 6.03 Å². The smallest absolute Gasteiger partial charge is 0.322 e. The molecule has 2 heterocycles. The number of hydrogen-bond donors (Lipinski definition) is 4. The molecule has 0 spiro atoms. The highest BCUT2D eigenvalue weighted by atomic mass is 16.5. The van der Waals surface area contributed by atoms with Crippen LogP contribution in [0.4, 0.5) is 10.5 Å². The van der Waals surface area contributed by atoms with Crippen LogP contribution in [0.1, 0.15) is 76.1 Å². The second-order valence-electron chi connectivity index (χ2n) is 9.35. The fourth-order valence-electron chi connectivity index (χ4n) is 4.72. The van der Waals surface area contributed by atoms with Crippen LogP contribution in [0.5, 0.6) is 0 Å². The first-order valence-corrected chi connectivity index (χ1v) is 11.9. The molecule has 186 valence electrons. The third kappa shape index (κ3) is 5.33. The molecule has 11 nitrogen and oxygen atoms in total. The summed E-state index contributed by atoms with van der Waals surface area (Å²) >= 11 is 0. The lowest BCUT2D eigenvalue weighted by Gasteiger charge is -2.30. The molecule has 2 fully saturated rings. The zero-order valence-electron chi connectivity index (χ0n) is 19.9. The van der Waals surface area contributed by atoms with Gasteiger partial charge in [-0.1, -0.05) is 43.0 Å². The standard InChI is InChI=1S/C24H30N6O5/c1-15(31)28-24(12-5-3-4-6-13-24)20-26-19(35-30-20)11-10-18(32)25-17-9-7-8-16(14-17)23(2)21(33)27-22(34)29-23/h7-9,14H,3-6,10-13H2,1-2H3,(H,25,32)(H,28,31)(H2,27,29,33,34).